The number of aromatic nitrogens is 2. The second-order valence-corrected chi connectivity index (χ2v) is 7.53. The van der Waals surface area contributed by atoms with Crippen LogP contribution in [-0.2, 0) is 12.0 Å². The van der Waals surface area contributed by atoms with E-state index in [1.807, 2.05) is 31.2 Å². The topological polar surface area (TPSA) is 72.4 Å². The van der Waals surface area contributed by atoms with E-state index in [0.717, 1.165) is 6.42 Å². The van der Waals surface area contributed by atoms with E-state index in [1.54, 1.807) is 23.3 Å². The lowest BCUT2D eigenvalue weighted by molar-refractivity contribution is 0.0728. The van der Waals surface area contributed by atoms with Crippen LogP contribution in [0.4, 0.5) is 0 Å². The second kappa shape index (κ2) is 7.78. The molecule has 6 heteroatoms. The molecule has 0 aliphatic carbocycles. The molecule has 2 heterocycles. The van der Waals surface area contributed by atoms with Crippen LogP contribution in [0.2, 0.25) is 0 Å². The SMILES string of the molecule is CCCN(Cc1nnc(-c2ccco2)o1)C(=O)c1ccc(C(C)(C)C)cc1. The quantitative estimate of drug-likeness (QED) is 0.632. The van der Waals surface area contributed by atoms with Gasteiger partial charge in [-0.3, -0.25) is 4.79 Å². The number of hydrogen-bond acceptors (Lipinski definition) is 5. The van der Waals surface area contributed by atoms with Gasteiger partial charge in [0.15, 0.2) is 5.76 Å². The summed E-state index contributed by atoms with van der Waals surface area (Å²) in [6.45, 7) is 9.36. The van der Waals surface area contributed by atoms with Crippen molar-refractivity contribution in [1.82, 2.24) is 15.1 Å². The van der Waals surface area contributed by atoms with E-state index in [-0.39, 0.29) is 17.9 Å². The highest BCUT2D eigenvalue weighted by Gasteiger charge is 2.20. The minimum absolute atomic E-state index is 0.0462. The molecule has 0 fully saturated rings. The summed E-state index contributed by atoms with van der Waals surface area (Å²) in [4.78, 5) is 14.7. The number of carbonyl (C=O) groups excluding carboxylic acids is 1. The van der Waals surface area contributed by atoms with E-state index < -0.39 is 0 Å². The van der Waals surface area contributed by atoms with Gasteiger partial charge in [-0.2, -0.15) is 0 Å². The molecular formula is C21H25N3O3. The first-order chi connectivity index (χ1) is 12.9. The Morgan fingerprint density at radius 2 is 1.85 bits per heavy atom. The molecule has 0 unspecified atom stereocenters. The van der Waals surface area contributed by atoms with E-state index >= 15 is 0 Å². The number of benzene rings is 1. The standard InChI is InChI=1S/C21H25N3O3/c1-5-12-24(14-18-22-23-19(27-18)17-7-6-13-26-17)20(25)15-8-10-16(11-9-15)21(2,3)4/h6-11,13H,5,12,14H2,1-4H3. The first-order valence-corrected chi connectivity index (χ1v) is 9.14. The van der Waals surface area contributed by atoms with Crippen LogP contribution in [0.3, 0.4) is 0 Å². The summed E-state index contributed by atoms with van der Waals surface area (Å²) in [5, 5.41) is 8.04. The molecule has 3 rings (SSSR count). The molecular weight excluding hydrogens is 342 g/mol. The summed E-state index contributed by atoms with van der Waals surface area (Å²) in [5.74, 6) is 1.16. The molecule has 3 aromatic rings. The average Bonchev–Trinajstić information content (AvgIpc) is 3.31. The van der Waals surface area contributed by atoms with Crippen LogP contribution in [0.5, 0.6) is 0 Å². The molecule has 0 bridgehead atoms. The van der Waals surface area contributed by atoms with Crippen molar-refractivity contribution in [1.29, 1.82) is 0 Å². The summed E-state index contributed by atoms with van der Waals surface area (Å²) in [6, 6.07) is 11.3. The Morgan fingerprint density at radius 1 is 1.11 bits per heavy atom. The molecule has 0 radical (unpaired) electrons. The lowest BCUT2D eigenvalue weighted by Crippen LogP contribution is -2.31. The van der Waals surface area contributed by atoms with E-state index in [1.165, 1.54) is 5.56 Å². The monoisotopic (exact) mass is 367 g/mol. The van der Waals surface area contributed by atoms with Gasteiger partial charge in [-0.15, -0.1) is 10.2 Å². The van der Waals surface area contributed by atoms with Gasteiger partial charge in [0.25, 0.3) is 11.8 Å². The van der Waals surface area contributed by atoms with Crippen LogP contribution in [0, 0.1) is 0 Å². The molecule has 0 atom stereocenters. The highest BCUT2D eigenvalue weighted by molar-refractivity contribution is 5.94. The molecule has 0 aliphatic heterocycles. The zero-order valence-corrected chi connectivity index (χ0v) is 16.2. The van der Waals surface area contributed by atoms with E-state index in [2.05, 4.69) is 31.0 Å². The Morgan fingerprint density at radius 3 is 2.44 bits per heavy atom. The van der Waals surface area contributed by atoms with Crippen LogP contribution in [0.1, 0.15) is 55.9 Å². The van der Waals surface area contributed by atoms with Gasteiger partial charge in [0.1, 0.15) is 0 Å². The smallest absolute Gasteiger partial charge is 0.283 e. The van der Waals surface area contributed by atoms with Crippen molar-refractivity contribution in [3.8, 4) is 11.7 Å². The maximum atomic E-state index is 13.0. The third-order valence-corrected chi connectivity index (χ3v) is 4.30. The molecule has 142 valence electrons. The van der Waals surface area contributed by atoms with Crippen molar-refractivity contribution in [3.05, 3.63) is 59.7 Å². The minimum atomic E-state index is -0.0462. The maximum Gasteiger partial charge on any atom is 0.283 e. The van der Waals surface area contributed by atoms with Gasteiger partial charge in [-0.05, 0) is 41.7 Å². The number of rotatable bonds is 6. The fourth-order valence-electron chi connectivity index (χ4n) is 2.80. The zero-order valence-electron chi connectivity index (χ0n) is 16.2. The Hall–Kier alpha value is -2.89. The fourth-order valence-corrected chi connectivity index (χ4v) is 2.80. The number of nitrogens with zero attached hydrogens (tertiary/aromatic N) is 3. The van der Waals surface area contributed by atoms with Crippen LogP contribution >= 0.6 is 0 Å². The number of amides is 1. The molecule has 0 aliphatic rings. The lowest BCUT2D eigenvalue weighted by atomic mass is 9.86. The fraction of sp³-hybridized carbons (Fsp3) is 0.381. The lowest BCUT2D eigenvalue weighted by Gasteiger charge is -2.22. The molecule has 6 nitrogen and oxygen atoms in total. The molecule has 27 heavy (non-hydrogen) atoms. The van der Waals surface area contributed by atoms with Gasteiger partial charge >= 0.3 is 0 Å². The van der Waals surface area contributed by atoms with E-state index in [9.17, 15) is 4.79 Å². The predicted octanol–water partition coefficient (Wildman–Crippen LogP) is 4.68. The Balaban J connectivity index is 1.76. The van der Waals surface area contributed by atoms with Crippen molar-refractivity contribution in [2.24, 2.45) is 0 Å². The van der Waals surface area contributed by atoms with Gasteiger partial charge in [0, 0.05) is 12.1 Å². The summed E-state index contributed by atoms with van der Waals surface area (Å²) in [5.41, 5.74) is 1.90. The van der Waals surface area contributed by atoms with Gasteiger partial charge in [-0.25, -0.2) is 0 Å². The molecule has 0 saturated carbocycles. The van der Waals surface area contributed by atoms with E-state index in [0.29, 0.717) is 29.6 Å². The van der Waals surface area contributed by atoms with Crippen LogP contribution in [-0.4, -0.2) is 27.5 Å². The second-order valence-electron chi connectivity index (χ2n) is 7.53. The van der Waals surface area contributed by atoms with Crippen molar-refractivity contribution in [2.45, 2.75) is 46.1 Å². The number of hydrogen-bond donors (Lipinski definition) is 0. The van der Waals surface area contributed by atoms with Crippen LogP contribution in [0.15, 0.2) is 51.5 Å². The molecule has 1 amide bonds. The van der Waals surface area contributed by atoms with Gasteiger partial charge < -0.3 is 13.7 Å². The zero-order chi connectivity index (χ0) is 19.4. The third-order valence-electron chi connectivity index (χ3n) is 4.30. The maximum absolute atomic E-state index is 13.0. The molecule has 0 saturated heterocycles. The van der Waals surface area contributed by atoms with Crippen LogP contribution in [0.25, 0.3) is 11.7 Å². The third kappa shape index (κ3) is 4.45. The summed E-state index contributed by atoms with van der Waals surface area (Å²) in [7, 11) is 0. The van der Waals surface area contributed by atoms with Crippen molar-refractivity contribution >= 4 is 5.91 Å². The van der Waals surface area contributed by atoms with Crippen LogP contribution < -0.4 is 0 Å². The average molecular weight is 367 g/mol. The van der Waals surface area contributed by atoms with Gasteiger partial charge in [-0.1, -0.05) is 39.8 Å². The molecule has 2 aromatic heterocycles. The Bertz CT molecular complexity index is 874. The summed E-state index contributed by atoms with van der Waals surface area (Å²) < 4.78 is 10.9. The highest BCUT2D eigenvalue weighted by atomic mass is 16.4. The number of carbonyl (C=O) groups is 1. The van der Waals surface area contributed by atoms with Gasteiger partial charge in [0.05, 0.1) is 12.8 Å². The minimum Gasteiger partial charge on any atom is -0.459 e. The number of furan rings is 1. The molecule has 1 aromatic carbocycles. The Kier molecular flexibility index (Phi) is 5.44. The predicted molar refractivity (Wildman–Crippen MR) is 102 cm³/mol. The largest absolute Gasteiger partial charge is 0.459 e. The summed E-state index contributed by atoms with van der Waals surface area (Å²) in [6.07, 6.45) is 2.39. The van der Waals surface area contributed by atoms with Crippen molar-refractivity contribution < 1.29 is 13.6 Å². The first-order valence-electron chi connectivity index (χ1n) is 9.14. The van der Waals surface area contributed by atoms with Crippen molar-refractivity contribution in [2.75, 3.05) is 6.54 Å². The summed E-state index contributed by atoms with van der Waals surface area (Å²) >= 11 is 0. The normalized spacial score (nSPS) is 11.6. The molecule has 0 spiro atoms. The van der Waals surface area contributed by atoms with Gasteiger partial charge in [0.2, 0.25) is 5.89 Å². The van der Waals surface area contributed by atoms with Crippen molar-refractivity contribution in [3.63, 3.8) is 0 Å². The molecule has 0 N–H and O–H groups in total. The Labute approximate surface area is 159 Å². The highest BCUT2D eigenvalue weighted by Crippen LogP contribution is 2.23. The van der Waals surface area contributed by atoms with E-state index in [4.69, 9.17) is 8.83 Å². The first kappa shape index (κ1) is 18.9.